The third-order valence-electron chi connectivity index (χ3n) is 6.90. The van der Waals surface area contributed by atoms with Gasteiger partial charge in [-0.1, -0.05) is 84.9 Å². The maximum Gasteiger partial charge on any atom is 0.407 e. The highest BCUT2D eigenvalue weighted by Gasteiger charge is 2.31. The van der Waals surface area contributed by atoms with Crippen LogP contribution in [0.25, 0.3) is 17.2 Å². The number of hydrogen-bond acceptors (Lipinski definition) is 4. The largest absolute Gasteiger partial charge is 0.449 e. The van der Waals surface area contributed by atoms with E-state index in [0.717, 1.165) is 37.1 Å². The summed E-state index contributed by atoms with van der Waals surface area (Å²) in [6.45, 7) is 2.36. The van der Waals surface area contributed by atoms with Crippen LogP contribution >= 0.6 is 0 Å². The quantitative estimate of drug-likeness (QED) is 0.500. The molecule has 1 amide bonds. The fourth-order valence-corrected chi connectivity index (χ4v) is 5.02. The first-order valence-corrected chi connectivity index (χ1v) is 11.9. The van der Waals surface area contributed by atoms with Crippen LogP contribution in [0, 0.1) is 0 Å². The molecule has 5 rings (SSSR count). The Bertz CT molecular complexity index is 1130. The molecule has 34 heavy (non-hydrogen) atoms. The van der Waals surface area contributed by atoms with E-state index in [4.69, 9.17) is 4.74 Å². The van der Waals surface area contributed by atoms with E-state index in [9.17, 15) is 9.90 Å². The lowest BCUT2D eigenvalue weighted by molar-refractivity contribution is 0.00594. The molecule has 1 heterocycles. The van der Waals surface area contributed by atoms with Crippen LogP contribution in [-0.4, -0.2) is 37.4 Å². The number of benzene rings is 3. The molecule has 5 heteroatoms. The molecule has 0 unspecified atom stereocenters. The molecule has 0 saturated carbocycles. The first-order chi connectivity index (χ1) is 16.6. The predicted octanol–water partition coefficient (Wildman–Crippen LogP) is 4.81. The van der Waals surface area contributed by atoms with Gasteiger partial charge in [0.1, 0.15) is 6.61 Å². The summed E-state index contributed by atoms with van der Waals surface area (Å²) in [5.74, 6) is 0.0574. The lowest BCUT2D eigenvalue weighted by Gasteiger charge is -2.33. The van der Waals surface area contributed by atoms with Gasteiger partial charge in [0.15, 0.2) is 0 Å². The number of nitrogens with one attached hydrogen (secondary N) is 2. The van der Waals surface area contributed by atoms with Gasteiger partial charge >= 0.3 is 6.09 Å². The summed E-state index contributed by atoms with van der Waals surface area (Å²) in [6.07, 6.45) is 4.89. The maximum absolute atomic E-state index is 12.3. The molecule has 0 bridgehead atoms. The van der Waals surface area contributed by atoms with Gasteiger partial charge in [0, 0.05) is 12.5 Å². The Morgan fingerprint density at radius 2 is 1.59 bits per heavy atom. The number of ether oxygens (including phenoxy) is 1. The monoisotopic (exact) mass is 454 g/mol. The molecular formula is C29H30N2O3. The fourth-order valence-electron chi connectivity index (χ4n) is 5.02. The van der Waals surface area contributed by atoms with Gasteiger partial charge in [-0.25, -0.2) is 4.79 Å². The number of carbonyl (C=O) groups is 1. The molecule has 1 fully saturated rings. The number of carbonyl (C=O) groups excluding carboxylic acids is 1. The Kier molecular flexibility index (Phi) is 6.48. The second kappa shape index (κ2) is 9.84. The molecule has 1 aliphatic heterocycles. The lowest BCUT2D eigenvalue weighted by atomic mass is 9.85. The summed E-state index contributed by atoms with van der Waals surface area (Å²) >= 11 is 0. The smallest absolute Gasteiger partial charge is 0.407 e. The Morgan fingerprint density at radius 1 is 0.971 bits per heavy atom. The van der Waals surface area contributed by atoms with Crippen molar-refractivity contribution in [1.82, 2.24) is 10.6 Å². The fraction of sp³-hybridized carbons (Fsp3) is 0.276. The topological polar surface area (TPSA) is 70.6 Å². The number of aliphatic hydroxyl groups is 1. The Hall–Kier alpha value is -3.41. The summed E-state index contributed by atoms with van der Waals surface area (Å²) < 4.78 is 5.57. The van der Waals surface area contributed by atoms with Gasteiger partial charge in [-0.15, -0.1) is 0 Å². The summed E-state index contributed by atoms with van der Waals surface area (Å²) in [6, 6.07) is 24.6. The van der Waals surface area contributed by atoms with Crippen LogP contribution in [0.2, 0.25) is 0 Å². The summed E-state index contributed by atoms with van der Waals surface area (Å²) in [4.78, 5) is 12.3. The average Bonchev–Trinajstić information content (AvgIpc) is 3.20. The van der Waals surface area contributed by atoms with Crippen LogP contribution in [0.3, 0.4) is 0 Å². The van der Waals surface area contributed by atoms with E-state index < -0.39 is 11.7 Å². The average molecular weight is 455 g/mol. The minimum Gasteiger partial charge on any atom is -0.449 e. The molecule has 1 aliphatic carbocycles. The molecule has 0 spiro atoms. The summed E-state index contributed by atoms with van der Waals surface area (Å²) in [5, 5.41) is 16.9. The first kappa shape index (κ1) is 22.4. The van der Waals surface area contributed by atoms with E-state index in [2.05, 4.69) is 34.9 Å². The number of alkyl carbamates (subject to hydrolysis) is 1. The van der Waals surface area contributed by atoms with Gasteiger partial charge < -0.3 is 20.5 Å². The van der Waals surface area contributed by atoms with E-state index in [0.29, 0.717) is 13.2 Å². The zero-order chi connectivity index (χ0) is 23.4. The third kappa shape index (κ3) is 4.63. The standard InChI is InChI=1S/C29H30N2O3/c32-28(34-20-27-25-9-3-1-7-23(25)24-8-2-4-10-26(24)27)31-17-5-6-21-11-13-22(14-12-21)29(33)15-18-30-19-16-29/h1-14,27,30,33H,15-20H2,(H,31,32). The first-order valence-electron chi connectivity index (χ1n) is 11.9. The Labute approximate surface area is 200 Å². The van der Waals surface area contributed by atoms with Gasteiger partial charge in [0.05, 0.1) is 5.60 Å². The van der Waals surface area contributed by atoms with Crippen LogP contribution in [0.4, 0.5) is 4.79 Å². The molecule has 3 N–H and O–H groups in total. The molecule has 0 aromatic heterocycles. The number of hydrogen-bond donors (Lipinski definition) is 3. The van der Waals surface area contributed by atoms with Gasteiger partial charge in [-0.05, 0) is 59.3 Å². The van der Waals surface area contributed by atoms with Crippen LogP contribution in [0.1, 0.15) is 41.0 Å². The number of rotatable bonds is 6. The Morgan fingerprint density at radius 3 is 2.24 bits per heavy atom. The zero-order valence-electron chi connectivity index (χ0n) is 19.2. The molecule has 2 aliphatic rings. The van der Waals surface area contributed by atoms with E-state index in [1.165, 1.54) is 22.3 Å². The Balaban J connectivity index is 1.12. The second-order valence-corrected chi connectivity index (χ2v) is 9.01. The lowest BCUT2D eigenvalue weighted by Crippen LogP contribution is -2.39. The summed E-state index contributed by atoms with van der Waals surface area (Å²) in [7, 11) is 0. The number of amides is 1. The third-order valence-corrected chi connectivity index (χ3v) is 6.90. The van der Waals surface area contributed by atoms with E-state index in [-0.39, 0.29) is 5.92 Å². The summed E-state index contributed by atoms with van der Waals surface area (Å²) in [5.41, 5.74) is 6.09. The van der Waals surface area contributed by atoms with E-state index >= 15 is 0 Å². The SMILES string of the molecule is O=C(NCC=Cc1ccc(C2(O)CCNCC2)cc1)OCC1c2ccccc2-c2ccccc21. The van der Waals surface area contributed by atoms with Crippen molar-refractivity contribution in [2.45, 2.75) is 24.4 Å². The highest BCUT2D eigenvalue weighted by molar-refractivity contribution is 5.79. The molecule has 0 radical (unpaired) electrons. The van der Waals surface area contributed by atoms with E-state index in [1.54, 1.807) is 0 Å². The van der Waals surface area contributed by atoms with Crippen molar-refractivity contribution in [1.29, 1.82) is 0 Å². The predicted molar refractivity (Wildman–Crippen MR) is 135 cm³/mol. The van der Waals surface area contributed by atoms with Crippen LogP contribution in [0.5, 0.6) is 0 Å². The van der Waals surface area contributed by atoms with Gasteiger partial charge in [0.25, 0.3) is 0 Å². The van der Waals surface area contributed by atoms with Gasteiger partial charge in [-0.2, -0.15) is 0 Å². The minimum atomic E-state index is -0.737. The molecule has 3 aromatic rings. The number of piperidine rings is 1. The van der Waals surface area contributed by atoms with Crippen LogP contribution in [-0.2, 0) is 10.3 Å². The zero-order valence-corrected chi connectivity index (χ0v) is 19.2. The van der Waals surface area contributed by atoms with Crippen LogP contribution < -0.4 is 10.6 Å². The molecule has 174 valence electrons. The van der Waals surface area contributed by atoms with Crippen molar-refractivity contribution >= 4 is 12.2 Å². The highest BCUT2D eigenvalue weighted by Crippen LogP contribution is 2.44. The highest BCUT2D eigenvalue weighted by atomic mass is 16.5. The molecule has 3 aromatic carbocycles. The molecular weight excluding hydrogens is 424 g/mol. The van der Waals surface area contributed by atoms with Crippen molar-refractivity contribution in [3.05, 3.63) is 101 Å². The second-order valence-electron chi connectivity index (χ2n) is 9.01. The van der Waals surface area contributed by atoms with Crippen LogP contribution in [0.15, 0.2) is 78.9 Å². The maximum atomic E-state index is 12.3. The van der Waals surface area contributed by atoms with Gasteiger partial charge in [0.2, 0.25) is 0 Å². The molecule has 1 saturated heterocycles. The van der Waals surface area contributed by atoms with Crippen molar-refractivity contribution in [2.75, 3.05) is 26.2 Å². The van der Waals surface area contributed by atoms with E-state index in [1.807, 2.05) is 60.7 Å². The van der Waals surface area contributed by atoms with Crippen molar-refractivity contribution in [3.8, 4) is 11.1 Å². The van der Waals surface area contributed by atoms with Crippen molar-refractivity contribution in [2.24, 2.45) is 0 Å². The number of fused-ring (bicyclic) bond motifs is 3. The molecule has 5 nitrogen and oxygen atoms in total. The van der Waals surface area contributed by atoms with Crippen molar-refractivity contribution in [3.63, 3.8) is 0 Å². The minimum absolute atomic E-state index is 0.0574. The van der Waals surface area contributed by atoms with Gasteiger partial charge in [-0.3, -0.25) is 0 Å². The van der Waals surface area contributed by atoms with Crippen molar-refractivity contribution < 1.29 is 14.6 Å². The molecule has 0 atom stereocenters. The normalized spacial score (nSPS) is 16.7.